The molecule has 1 heterocycles. The number of nitrogens with one attached hydrogen (secondary N) is 1. The minimum atomic E-state index is -3.66. The molecule has 0 aromatic heterocycles. The molecule has 1 N–H and O–H groups in total. The quantitative estimate of drug-likeness (QED) is 0.797. The number of sulfonamides is 1. The number of methoxy groups -OCH3 is 1. The monoisotopic (exact) mass is 422 g/mol. The zero-order valence-corrected chi connectivity index (χ0v) is 17.4. The van der Waals surface area contributed by atoms with Crippen LogP contribution in [0.3, 0.4) is 0 Å². The highest BCUT2D eigenvalue weighted by atomic mass is 35.5. The second-order valence-electron chi connectivity index (χ2n) is 6.83. The van der Waals surface area contributed by atoms with Gasteiger partial charge in [-0.2, -0.15) is 4.31 Å². The van der Waals surface area contributed by atoms with E-state index < -0.39 is 15.9 Å². The summed E-state index contributed by atoms with van der Waals surface area (Å²) < 4.78 is 32.4. The molecule has 0 radical (unpaired) electrons. The largest absolute Gasteiger partial charge is 0.497 e. The summed E-state index contributed by atoms with van der Waals surface area (Å²) in [5.41, 5.74) is 1.55. The Balaban J connectivity index is 1.72. The SMILES string of the molecule is COc1ccc(S(=O)(=O)N2CCC[C@@H](C(=O)Nc3ccc(Cl)cc3C)C2)cc1. The summed E-state index contributed by atoms with van der Waals surface area (Å²) in [6.45, 7) is 2.42. The molecule has 28 heavy (non-hydrogen) atoms. The number of benzene rings is 2. The van der Waals surface area contributed by atoms with Gasteiger partial charge in [-0.15, -0.1) is 0 Å². The van der Waals surface area contributed by atoms with E-state index in [2.05, 4.69) is 5.32 Å². The molecule has 0 bridgehead atoms. The summed E-state index contributed by atoms with van der Waals surface area (Å²) in [5.74, 6) is 0.00471. The number of aryl methyl sites for hydroxylation is 1. The van der Waals surface area contributed by atoms with Gasteiger partial charge in [-0.05, 0) is 67.8 Å². The predicted octanol–water partition coefficient (Wildman–Crippen LogP) is 3.70. The number of piperidine rings is 1. The van der Waals surface area contributed by atoms with Crippen molar-refractivity contribution in [1.82, 2.24) is 4.31 Å². The smallest absolute Gasteiger partial charge is 0.243 e. The lowest BCUT2D eigenvalue weighted by Gasteiger charge is -2.31. The molecule has 1 aliphatic heterocycles. The lowest BCUT2D eigenvalue weighted by Crippen LogP contribution is -2.43. The summed E-state index contributed by atoms with van der Waals surface area (Å²) in [4.78, 5) is 12.9. The van der Waals surface area contributed by atoms with Crippen LogP contribution in [0.25, 0.3) is 0 Å². The first-order chi connectivity index (χ1) is 13.3. The average Bonchev–Trinajstić information content (AvgIpc) is 2.70. The number of halogens is 1. The van der Waals surface area contributed by atoms with Crippen molar-refractivity contribution in [2.75, 3.05) is 25.5 Å². The summed E-state index contributed by atoms with van der Waals surface area (Å²) in [7, 11) is -2.13. The molecule has 150 valence electrons. The van der Waals surface area contributed by atoms with Crippen molar-refractivity contribution in [3.63, 3.8) is 0 Å². The van der Waals surface area contributed by atoms with E-state index in [0.717, 1.165) is 5.56 Å². The van der Waals surface area contributed by atoms with Gasteiger partial charge in [-0.25, -0.2) is 8.42 Å². The second kappa shape index (κ2) is 8.51. The van der Waals surface area contributed by atoms with Crippen molar-refractivity contribution < 1.29 is 17.9 Å². The van der Waals surface area contributed by atoms with Gasteiger partial charge in [0.2, 0.25) is 15.9 Å². The Morgan fingerprint density at radius 1 is 1.21 bits per heavy atom. The van der Waals surface area contributed by atoms with E-state index in [1.54, 1.807) is 30.3 Å². The highest BCUT2D eigenvalue weighted by molar-refractivity contribution is 7.89. The molecule has 1 fully saturated rings. The van der Waals surface area contributed by atoms with Gasteiger partial charge in [0.15, 0.2) is 0 Å². The first-order valence-corrected chi connectivity index (χ1v) is 10.8. The Labute approximate surface area is 170 Å². The van der Waals surface area contributed by atoms with Crippen LogP contribution in [0.5, 0.6) is 5.75 Å². The van der Waals surface area contributed by atoms with Crippen molar-refractivity contribution in [1.29, 1.82) is 0 Å². The van der Waals surface area contributed by atoms with Crippen molar-refractivity contribution in [2.24, 2.45) is 5.92 Å². The fraction of sp³-hybridized carbons (Fsp3) is 0.350. The van der Waals surface area contributed by atoms with E-state index in [1.165, 1.54) is 23.5 Å². The molecule has 0 saturated carbocycles. The van der Waals surface area contributed by atoms with Crippen molar-refractivity contribution >= 4 is 33.2 Å². The van der Waals surface area contributed by atoms with E-state index in [0.29, 0.717) is 35.8 Å². The Hall–Kier alpha value is -2.09. The van der Waals surface area contributed by atoms with Gasteiger partial charge in [0.1, 0.15) is 5.75 Å². The maximum Gasteiger partial charge on any atom is 0.243 e. The van der Waals surface area contributed by atoms with Gasteiger partial charge in [-0.1, -0.05) is 11.6 Å². The topological polar surface area (TPSA) is 75.7 Å². The van der Waals surface area contributed by atoms with Crippen LogP contribution in [-0.4, -0.2) is 38.8 Å². The Bertz CT molecular complexity index is 961. The number of amides is 1. The average molecular weight is 423 g/mol. The summed E-state index contributed by atoms with van der Waals surface area (Å²) >= 11 is 5.95. The first-order valence-electron chi connectivity index (χ1n) is 9.02. The number of rotatable bonds is 5. The van der Waals surface area contributed by atoms with Crippen LogP contribution in [-0.2, 0) is 14.8 Å². The molecular formula is C20H23ClN2O4S. The Morgan fingerprint density at radius 2 is 1.93 bits per heavy atom. The van der Waals surface area contributed by atoms with E-state index >= 15 is 0 Å². The molecule has 0 spiro atoms. The van der Waals surface area contributed by atoms with Crippen molar-refractivity contribution in [3.8, 4) is 5.75 Å². The second-order valence-corrected chi connectivity index (χ2v) is 9.20. The van der Waals surface area contributed by atoms with Crippen molar-refractivity contribution in [3.05, 3.63) is 53.1 Å². The van der Waals surface area contributed by atoms with Crippen LogP contribution >= 0.6 is 11.6 Å². The fourth-order valence-corrected chi connectivity index (χ4v) is 5.02. The zero-order chi connectivity index (χ0) is 20.3. The van der Waals surface area contributed by atoms with Gasteiger partial charge in [0, 0.05) is 23.8 Å². The minimum absolute atomic E-state index is 0.160. The van der Waals surface area contributed by atoms with Crippen LogP contribution < -0.4 is 10.1 Å². The molecule has 6 nitrogen and oxygen atoms in total. The highest BCUT2D eigenvalue weighted by Crippen LogP contribution is 2.27. The lowest BCUT2D eigenvalue weighted by atomic mass is 9.98. The molecule has 1 aliphatic rings. The molecule has 1 amide bonds. The molecule has 0 aliphatic carbocycles. The molecule has 1 atom stereocenters. The van der Waals surface area contributed by atoms with Crippen LogP contribution in [0, 0.1) is 12.8 Å². The zero-order valence-electron chi connectivity index (χ0n) is 15.8. The number of anilines is 1. The van der Waals surface area contributed by atoms with Gasteiger partial charge < -0.3 is 10.1 Å². The number of ether oxygens (including phenoxy) is 1. The first kappa shape index (κ1) is 20.6. The third kappa shape index (κ3) is 4.48. The van der Waals surface area contributed by atoms with Crippen LogP contribution in [0.4, 0.5) is 5.69 Å². The molecule has 0 unspecified atom stereocenters. The van der Waals surface area contributed by atoms with E-state index in [-0.39, 0.29) is 17.3 Å². The number of carbonyl (C=O) groups excluding carboxylic acids is 1. The third-order valence-electron chi connectivity index (χ3n) is 4.90. The van der Waals surface area contributed by atoms with E-state index in [9.17, 15) is 13.2 Å². The minimum Gasteiger partial charge on any atom is -0.497 e. The van der Waals surface area contributed by atoms with Crippen LogP contribution in [0.1, 0.15) is 18.4 Å². The van der Waals surface area contributed by atoms with Crippen LogP contribution in [0.15, 0.2) is 47.4 Å². The summed E-state index contributed by atoms with van der Waals surface area (Å²) in [5, 5.41) is 3.50. The maximum absolute atomic E-state index is 12.9. The molecule has 1 saturated heterocycles. The number of carbonyl (C=O) groups is 1. The van der Waals surface area contributed by atoms with E-state index in [4.69, 9.17) is 16.3 Å². The molecule has 2 aromatic carbocycles. The van der Waals surface area contributed by atoms with Gasteiger partial charge >= 0.3 is 0 Å². The lowest BCUT2D eigenvalue weighted by molar-refractivity contribution is -0.120. The van der Waals surface area contributed by atoms with Gasteiger partial charge in [-0.3, -0.25) is 4.79 Å². The molecule has 3 rings (SSSR count). The summed E-state index contributed by atoms with van der Waals surface area (Å²) in [6, 6.07) is 11.5. The van der Waals surface area contributed by atoms with Crippen molar-refractivity contribution in [2.45, 2.75) is 24.7 Å². The molecule has 2 aromatic rings. The predicted molar refractivity (Wildman–Crippen MR) is 109 cm³/mol. The van der Waals surface area contributed by atoms with Gasteiger partial charge in [0.25, 0.3) is 0 Å². The third-order valence-corrected chi connectivity index (χ3v) is 7.01. The number of nitrogens with zero attached hydrogens (tertiary/aromatic N) is 1. The summed E-state index contributed by atoms with van der Waals surface area (Å²) in [6.07, 6.45) is 1.28. The Kier molecular flexibility index (Phi) is 6.27. The standard InChI is InChI=1S/C20H23ClN2O4S/c1-14-12-16(21)5-10-19(14)22-20(24)15-4-3-11-23(13-15)28(25,26)18-8-6-17(27-2)7-9-18/h5-10,12,15H,3-4,11,13H2,1-2H3,(H,22,24)/t15-/m1/s1. The fourth-order valence-electron chi connectivity index (χ4n) is 3.27. The normalized spacial score (nSPS) is 17.9. The highest BCUT2D eigenvalue weighted by Gasteiger charge is 2.33. The maximum atomic E-state index is 12.9. The number of hydrogen-bond donors (Lipinski definition) is 1. The van der Waals surface area contributed by atoms with Crippen LogP contribution in [0.2, 0.25) is 5.02 Å². The van der Waals surface area contributed by atoms with E-state index in [1.807, 2.05) is 6.92 Å². The Morgan fingerprint density at radius 3 is 2.57 bits per heavy atom. The number of hydrogen-bond acceptors (Lipinski definition) is 4. The van der Waals surface area contributed by atoms with Gasteiger partial charge in [0.05, 0.1) is 17.9 Å². The molecular weight excluding hydrogens is 400 g/mol. The molecule has 8 heteroatoms.